The van der Waals surface area contributed by atoms with E-state index in [1.54, 1.807) is 6.07 Å². The molecule has 0 radical (unpaired) electrons. The zero-order valence-corrected chi connectivity index (χ0v) is 8.52. The lowest BCUT2D eigenvalue weighted by molar-refractivity contribution is 0.627. The van der Waals surface area contributed by atoms with Gasteiger partial charge in [-0.05, 0) is 43.5 Å². The highest BCUT2D eigenvalue weighted by Crippen LogP contribution is 2.15. The van der Waals surface area contributed by atoms with Gasteiger partial charge in [-0.25, -0.2) is 4.39 Å². The molecule has 0 aliphatic rings. The molecule has 1 aromatic rings. The van der Waals surface area contributed by atoms with Gasteiger partial charge in [0, 0.05) is 12.2 Å². The van der Waals surface area contributed by atoms with E-state index in [1.807, 2.05) is 13.0 Å². The van der Waals surface area contributed by atoms with Gasteiger partial charge >= 0.3 is 0 Å². The first-order valence-corrected chi connectivity index (χ1v) is 4.85. The van der Waals surface area contributed by atoms with Crippen molar-refractivity contribution in [3.05, 3.63) is 42.2 Å². The number of rotatable bonds is 5. The Morgan fingerprint density at radius 1 is 1.50 bits per heavy atom. The van der Waals surface area contributed by atoms with Gasteiger partial charge in [-0.1, -0.05) is 6.08 Å². The summed E-state index contributed by atoms with van der Waals surface area (Å²) in [5.41, 5.74) is 1.96. The molecule has 0 saturated carbocycles. The van der Waals surface area contributed by atoms with Crippen LogP contribution in [0, 0.1) is 12.7 Å². The minimum Gasteiger partial charge on any atom is -0.385 e. The maximum Gasteiger partial charge on any atom is 0.123 e. The highest BCUT2D eigenvalue weighted by Gasteiger charge is 1.97. The number of aryl methyl sites for hydroxylation is 1. The third-order valence-electron chi connectivity index (χ3n) is 2.09. The molecule has 0 atom stereocenters. The Balaban J connectivity index is 2.46. The molecule has 0 fully saturated rings. The van der Waals surface area contributed by atoms with Crippen LogP contribution in [0.4, 0.5) is 10.1 Å². The molecule has 0 spiro atoms. The third-order valence-corrected chi connectivity index (χ3v) is 2.09. The van der Waals surface area contributed by atoms with Crippen molar-refractivity contribution < 1.29 is 4.39 Å². The van der Waals surface area contributed by atoms with Crippen molar-refractivity contribution in [3.63, 3.8) is 0 Å². The maximum absolute atomic E-state index is 12.7. The monoisotopic (exact) mass is 193 g/mol. The molecule has 0 amide bonds. The number of nitrogens with one attached hydrogen (secondary N) is 1. The number of halogens is 1. The molecule has 14 heavy (non-hydrogen) atoms. The second-order valence-electron chi connectivity index (χ2n) is 3.32. The average molecular weight is 193 g/mol. The molecule has 0 saturated heterocycles. The molecule has 1 rings (SSSR count). The highest BCUT2D eigenvalue weighted by molar-refractivity contribution is 5.50. The van der Waals surface area contributed by atoms with Crippen molar-refractivity contribution in [2.75, 3.05) is 11.9 Å². The van der Waals surface area contributed by atoms with E-state index in [1.165, 1.54) is 12.1 Å². The van der Waals surface area contributed by atoms with Crippen LogP contribution in [0.25, 0.3) is 0 Å². The van der Waals surface area contributed by atoms with Gasteiger partial charge in [-0.3, -0.25) is 0 Å². The van der Waals surface area contributed by atoms with E-state index in [0.717, 1.165) is 30.6 Å². The molecule has 0 unspecified atom stereocenters. The van der Waals surface area contributed by atoms with E-state index >= 15 is 0 Å². The molecule has 1 N–H and O–H groups in total. The van der Waals surface area contributed by atoms with Gasteiger partial charge in [0.25, 0.3) is 0 Å². The summed E-state index contributed by atoms with van der Waals surface area (Å²) in [5, 5.41) is 3.26. The van der Waals surface area contributed by atoms with E-state index < -0.39 is 0 Å². The minimum absolute atomic E-state index is 0.181. The summed E-state index contributed by atoms with van der Waals surface area (Å²) in [4.78, 5) is 0. The zero-order chi connectivity index (χ0) is 10.4. The summed E-state index contributed by atoms with van der Waals surface area (Å²) in [7, 11) is 0. The lowest BCUT2D eigenvalue weighted by Gasteiger charge is -2.08. The quantitative estimate of drug-likeness (QED) is 0.557. The number of anilines is 1. The predicted molar refractivity (Wildman–Crippen MR) is 59.1 cm³/mol. The van der Waals surface area contributed by atoms with Crippen LogP contribution in [0.5, 0.6) is 0 Å². The van der Waals surface area contributed by atoms with Crippen molar-refractivity contribution in [1.82, 2.24) is 0 Å². The number of hydrogen-bond donors (Lipinski definition) is 1. The fourth-order valence-corrected chi connectivity index (χ4v) is 1.29. The lowest BCUT2D eigenvalue weighted by Crippen LogP contribution is -2.02. The van der Waals surface area contributed by atoms with Crippen LogP contribution in [-0.4, -0.2) is 6.54 Å². The van der Waals surface area contributed by atoms with Crippen LogP contribution in [-0.2, 0) is 0 Å². The van der Waals surface area contributed by atoms with E-state index in [2.05, 4.69) is 11.9 Å². The van der Waals surface area contributed by atoms with Crippen molar-refractivity contribution >= 4 is 5.69 Å². The summed E-state index contributed by atoms with van der Waals surface area (Å²) < 4.78 is 12.7. The van der Waals surface area contributed by atoms with Crippen LogP contribution in [0.2, 0.25) is 0 Å². The summed E-state index contributed by atoms with van der Waals surface area (Å²) >= 11 is 0. The second kappa shape index (κ2) is 5.43. The normalized spacial score (nSPS) is 9.86. The number of hydrogen-bond acceptors (Lipinski definition) is 1. The fraction of sp³-hybridized carbons (Fsp3) is 0.333. The molecule has 0 aliphatic carbocycles. The van der Waals surface area contributed by atoms with Crippen molar-refractivity contribution in [3.8, 4) is 0 Å². The molecular weight excluding hydrogens is 177 g/mol. The van der Waals surface area contributed by atoms with Gasteiger partial charge in [0.05, 0.1) is 0 Å². The van der Waals surface area contributed by atoms with Crippen LogP contribution in [0.1, 0.15) is 18.4 Å². The molecule has 76 valence electrons. The summed E-state index contributed by atoms with van der Waals surface area (Å²) in [6, 6.07) is 4.79. The Bertz CT molecular complexity index is 307. The van der Waals surface area contributed by atoms with E-state index in [0.29, 0.717) is 0 Å². The van der Waals surface area contributed by atoms with E-state index in [-0.39, 0.29) is 5.82 Å². The lowest BCUT2D eigenvalue weighted by atomic mass is 10.2. The number of unbranched alkanes of at least 4 members (excludes halogenated alkanes) is 1. The van der Waals surface area contributed by atoms with Crippen molar-refractivity contribution in [1.29, 1.82) is 0 Å². The first-order chi connectivity index (χ1) is 6.74. The molecular formula is C12H16FN. The minimum atomic E-state index is -0.181. The highest BCUT2D eigenvalue weighted by atomic mass is 19.1. The Kier molecular flexibility index (Phi) is 4.17. The van der Waals surface area contributed by atoms with Crippen molar-refractivity contribution in [2.24, 2.45) is 0 Å². The Morgan fingerprint density at radius 3 is 2.93 bits per heavy atom. The van der Waals surface area contributed by atoms with Gasteiger partial charge in [-0.15, -0.1) is 6.58 Å². The first-order valence-electron chi connectivity index (χ1n) is 4.85. The van der Waals surface area contributed by atoms with Crippen LogP contribution < -0.4 is 5.32 Å². The maximum atomic E-state index is 12.7. The molecule has 0 aromatic heterocycles. The average Bonchev–Trinajstić information content (AvgIpc) is 2.15. The number of allylic oxidation sites excluding steroid dienone is 1. The molecule has 0 aliphatic heterocycles. The summed E-state index contributed by atoms with van der Waals surface area (Å²) in [5.74, 6) is -0.181. The zero-order valence-electron chi connectivity index (χ0n) is 8.52. The molecule has 0 heterocycles. The smallest absolute Gasteiger partial charge is 0.123 e. The van der Waals surface area contributed by atoms with Gasteiger partial charge in [0.1, 0.15) is 5.82 Å². The SMILES string of the molecule is C=CCCCNc1ccc(F)cc1C. The van der Waals surface area contributed by atoms with Crippen LogP contribution in [0.3, 0.4) is 0 Å². The van der Waals surface area contributed by atoms with Gasteiger partial charge in [-0.2, -0.15) is 0 Å². The van der Waals surface area contributed by atoms with E-state index in [4.69, 9.17) is 0 Å². The Morgan fingerprint density at radius 2 is 2.29 bits per heavy atom. The van der Waals surface area contributed by atoms with Gasteiger partial charge in [0.15, 0.2) is 0 Å². The molecule has 2 heteroatoms. The van der Waals surface area contributed by atoms with Crippen LogP contribution >= 0.6 is 0 Å². The van der Waals surface area contributed by atoms with Gasteiger partial charge in [0.2, 0.25) is 0 Å². The molecule has 1 aromatic carbocycles. The van der Waals surface area contributed by atoms with Crippen LogP contribution in [0.15, 0.2) is 30.9 Å². The largest absolute Gasteiger partial charge is 0.385 e. The summed E-state index contributed by atoms with van der Waals surface area (Å²) in [6.45, 7) is 6.46. The standard InChI is InChI=1S/C12H16FN/c1-3-4-5-8-14-12-7-6-11(13)9-10(12)2/h3,6-7,9,14H,1,4-5,8H2,2H3. The number of benzene rings is 1. The van der Waals surface area contributed by atoms with Gasteiger partial charge < -0.3 is 5.32 Å². The predicted octanol–water partition coefficient (Wildman–Crippen LogP) is 3.51. The first kappa shape index (κ1) is 10.8. The summed E-state index contributed by atoms with van der Waals surface area (Å²) in [6.07, 6.45) is 3.97. The van der Waals surface area contributed by atoms with Crippen molar-refractivity contribution in [2.45, 2.75) is 19.8 Å². The Hall–Kier alpha value is -1.31. The molecule has 0 bridgehead atoms. The molecule has 1 nitrogen and oxygen atoms in total. The Labute approximate surface area is 84.6 Å². The fourth-order valence-electron chi connectivity index (χ4n) is 1.29. The van der Waals surface area contributed by atoms with E-state index in [9.17, 15) is 4.39 Å². The topological polar surface area (TPSA) is 12.0 Å². The second-order valence-corrected chi connectivity index (χ2v) is 3.32. The third kappa shape index (κ3) is 3.21.